The van der Waals surface area contributed by atoms with E-state index in [4.69, 9.17) is 0 Å². The molecule has 0 aliphatic carbocycles. The average molecular weight is 347 g/mol. The van der Waals surface area contributed by atoms with Crippen LogP contribution in [-0.4, -0.2) is 44.3 Å². The minimum absolute atomic E-state index is 0.0626. The highest BCUT2D eigenvalue weighted by Gasteiger charge is 2.36. The molecule has 2 aromatic carbocycles. The second kappa shape index (κ2) is 6.57. The highest BCUT2D eigenvalue weighted by atomic mass is 16.3. The van der Waals surface area contributed by atoms with Gasteiger partial charge in [0, 0.05) is 11.8 Å². The molecule has 4 rings (SSSR count). The normalized spacial score (nSPS) is 14.6. The molecule has 0 radical (unpaired) electrons. The van der Waals surface area contributed by atoms with E-state index >= 15 is 0 Å². The Labute approximate surface area is 150 Å². The Morgan fingerprint density at radius 3 is 2.12 bits per heavy atom. The van der Waals surface area contributed by atoms with Crippen LogP contribution in [0.15, 0.2) is 67.0 Å². The SMILES string of the molecule is O=C1c2ccccc2C(=O)N1C[C@@H](O)Cn1cc(-c2ccccc2)cn1. The first-order valence-corrected chi connectivity index (χ1v) is 8.34. The smallest absolute Gasteiger partial charge is 0.261 e. The van der Waals surface area contributed by atoms with E-state index in [9.17, 15) is 14.7 Å². The number of imide groups is 1. The largest absolute Gasteiger partial charge is 0.389 e. The number of amides is 2. The fourth-order valence-electron chi connectivity index (χ4n) is 3.13. The van der Waals surface area contributed by atoms with Gasteiger partial charge in [0.2, 0.25) is 0 Å². The Kier molecular flexibility index (Phi) is 4.10. The van der Waals surface area contributed by atoms with Crippen molar-refractivity contribution in [3.8, 4) is 11.1 Å². The van der Waals surface area contributed by atoms with E-state index in [2.05, 4.69) is 5.10 Å². The standard InChI is InChI=1S/C20H17N3O3/c24-16(12-22-11-15(10-21-22)14-6-2-1-3-7-14)13-23-19(25)17-8-4-5-9-18(17)20(23)26/h1-11,16,24H,12-13H2/t16-/m0/s1. The number of aromatic nitrogens is 2. The van der Waals surface area contributed by atoms with Gasteiger partial charge in [-0.15, -0.1) is 0 Å². The monoisotopic (exact) mass is 347 g/mol. The molecule has 0 bridgehead atoms. The molecule has 3 aromatic rings. The molecule has 1 aliphatic rings. The molecular weight excluding hydrogens is 330 g/mol. The van der Waals surface area contributed by atoms with Gasteiger partial charge >= 0.3 is 0 Å². The van der Waals surface area contributed by atoms with Crippen molar-refractivity contribution in [1.82, 2.24) is 14.7 Å². The number of fused-ring (bicyclic) bond motifs is 1. The van der Waals surface area contributed by atoms with Crippen LogP contribution in [0.2, 0.25) is 0 Å². The Morgan fingerprint density at radius 1 is 0.846 bits per heavy atom. The summed E-state index contributed by atoms with van der Waals surface area (Å²) >= 11 is 0. The maximum atomic E-state index is 12.4. The van der Waals surface area contributed by atoms with Crippen molar-refractivity contribution in [1.29, 1.82) is 0 Å². The zero-order chi connectivity index (χ0) is 18.1. The molecule has 0 saturated heterocycles. The molecule has 1 aromatic heterocycles. The van der Waals surface area contributed by atoms with Gasteiger partial charge in [0.1, 0.15) is 0 Å². The van der Waals surface area contributed by atoms with Crippen molar-refractivity contribution in [2.45, 2.75) is 12.6 Å². The van der Waals surface area contributed by atoms with Crippen LogP contribution in [0.1, 0.15) is 20.7 Å². The molecule has 0 saturated carbocycles. The summed E-state index contributed by atoms with van der Waals surface area (Å²) in [7, 11) is 0. The highest BCUT2D eigenvalue weighted by molar-refractivity contribution is 6.21. The number of hydrogen-bond acceptors (Lipinski definition) is 4. The van der Waals surface area contributed by atoms with Gasteiger partial charge in [0.25, 0.3) is 11.8 Å². The first kappa shape index (κ1) is 16.2. The topological polar surface area (TPSA) is 75.4 Å². The number of aliphatic hydroxyl groups excluding tert-OH is 1. The number of rotatable bonds is 5. The number of benzene rings is 2. The number of carbonyl (C=O) groups is 2. The lowest BCUT2D eigenvalue weighted by atomic mass is 10.1. The fourth-order valence-corrected chi connectivity index (χ4v) is 3.13. The van der Waals surface area contributed by atoms with Crippen LogP contribution in [0.5, 0.6) is 0 Å². The molecule has 2 heterocycles. The second-order valence-corrected chi connectivity index (χ2v) is 6.24. The van der Waals surface area contributed by atoms with E-state index in [1.165, 1.54) is 0 Å². The van der Waals surface area contributed by atoms with Crippen LogP contribution >= 0.6 is 0 Å². The minimum Gasteiger partial charge on any atom is -0.389 e. The number of carbonyl (C=O) groups excluding carboxylic acids is 2. The molecule has 1 aliphatic heterocycles. The van der Waals surface area contributed by atoms with Gasteiger partial charge in [-0.1, -0.05) is 42.5 Å². The van der Waals surface area contributed by atoms with Crippen LogP contribution < -0.4 is 0 Å². The van der Waals surface area contributed by atoms with E-state index in [0.29, 0.717) is 11.1 Å². The van der Waals surface area contributed by atoms with E-state index in [-0.39, 0.29) is 24.9 Å². The molecule has 1 N–H and O–H groups in total. The minimum atomic E-state index is -0.902. The third-order valence-corrected chi connectivity index (χ3v) is 4.41. The van der Waals surface area contributed by atoms with Crippen LogP contribution in [0, 0.1) is 0 Å². The Balaban J connectivity index is 1.44. The maximum absolute atomic E-state index is 12.4. The third kappa shape index (κ3) is 2.91. The van der Waals surface area contributed by atoms with Gasteiger partial charge in [-0.05, 0) is 17.7 Å². The van der Waals surface area contributed by atoms with Crippen LogP contribution in [0.25, 0.3) is 11.1 Å². The lowest BCUT2D eigenvalue weighted by molar-refractivity contribution is 0.0515. The molecule has 6 heteroatoms. The first-order valence-electron chi connectivity index (χ1n) is 8.34. The predicted octanol–water partition coefficient (Wildman–Crippen LogP) is 2.21. The van der Waals surface area contributed by atoms with E-state index in [0.717, 1.165) is 16.0 Å². The molecule has 0 spiro atoms. The van der Waals surface area contributed by atoms with E-state index in [1.807, 2.05) is 36.5 Å². The van der Waals surface area contributed by atoms with Gasteiger partial charge < -0.3 is 5.11 Å². The molecule has 26 heavy (non-hydrogen) atoms. The molecule has 2 amide bonds. The van der Waals surface area contributed by atoms with Crippen LogP contribution in [0.4, 0.5) is 0 Å². The van der Waals surface area contributed by atoms with Crippen LogP contribution in [0.3, 0.4) is 0 Å². The summed E-state index contributed by atoms with van der Waals surface area (Å²) in [5, 5.41) is 14.6. The summed E-state index contributed by atoms with van der Waals surface area (Å²) in [6, 6.07) is 16.5. The Bertz CT molecular complexity index is 930. The van der Waals surface area contributed by atoms with Crippen molar-refractivity contribution in [3.63, 3.8) is 0 Å². The summed E-state index contributed by atoms with van der Waals surface area (Å²) in [4.78, 5) is 25.8. The number of hydrogen-bond donors (Lipinski definition) is 1. The van der Waals surface area contributed by atoms with Crippen molar-refractivity contribution in [2.24, 2.45) is 0 Å². The van der Waals surface area contributed by atoms with Crippen molar-refractivity contribution in [2.75, 3.05) is 6.54 Å². The number of aliphatic hydroxyl groups is 1. The number of β-amino-alcohol motifs (C(OH)–C–C–N with tert-alkyl or cyclic N) is 1. The van der Waals surface area contributed by atoms with E-state index in [1.54, 1.807) is 35.1 Å². The summed E-state index contributed by atoms with van der Waals surface area (Å²) in [5.74, 6) is -0.731. The summed E-state index contributed by atoms with van der Waals surface area (Å²) in [5.41, 5.74) is 2.75. The zero-order valence-electron chi connectivity index (χ0n) is 13.9. The Morgan fingerprint density at radius 2 is 1.46 bits per heavy atom. The summed E-state index contributed by atoms with van der Waals surface area (Å²) in [6.45, 7) is 0.132. The lowest BCUT2D eigenvalue weighted by Crippen LogP contribution is -2.38. The molecule has 0 unspecified atom stereocenters. The molecule has 1 atom stereocenters. The van der Waals surface area contributed by atoms with Gasteiger partial charge in [-0.3, -0.25) is 19.2 Å². The van der Waals surface area contributed by atoms with E-state index < -0.39 is 6.10 Å². The van der Waals surface area contributed by atoms with Crippen molar-refractivity contribution in [3.05, 3.63) is 78.1 Å². The fraction of sp³-hybridized carbons (Fsp3) is 0.150. The van der Waals surface area contributed by atoms with Crippen molar-refractivity contribution < 1.29 is 14.7 Å². The average Bonchev–Trinajstić information content (AvgIpc) is 3.22. The number of nitrogens with zero attached hydrogens (tertiary/aromatic N) is 3. The molecule has 0 fully saturated rings. The lowest BCUT2D eigenvalue weighted by Gasteiger charge is -2.18. The first-order chi connectivity index (χ1) is 12.6. The van der Waals surface area contributed by atoms with Crippen LogP contribution in [-0.2, 0) is 6.54 Å². The van der Waals surface area contributed by atoms with Crippen molar-refractivity contribution >= 4 is 11.8 Å². The highest BCUT2D eigenvalue weighted by Crippen LogP contribution is 2.23. The second-order valence-electron chi connectivity index (χ2n) is 6.24. The van der Waals surface area contributed by atoms with Gasteiger partial charge in [0.05, 0.1) is 36.5 Å². The van der Waals surface area contributed by atoms with Gasteiger partial charge in [0.15, 0.2) is 0 Å². The molecule has 130 valence electrons. The Hall–Kier alpha value is -3.25. The quantitative estimate of drug-likeness (QED) is 0.718. The predicted molar refractivity (Wildman–Crippen MR) is 95.5 cm³/mol. The van der Waals surface area contributed by atoms with Gasteiger partial charge in [-0.2, -0.15) is 5.10 Å². The zero-order valence-corrected chi connectivity index (χ0v) is 13.9. The maximum Gasteiger partial charge on any atom is 0.261 e. The third-order valence-electron chi connectivity index (χ3n) is 4.41. The molecule has 6 nitrogen and oxygen atoms in total. The summed E-state index contributed by atoms with van der Waals surface area (Å²) < 4.78 is 1.62. The molecular formula is C20H17N3O3. The van der Waals surface area contributed by atoms with Gasteiger partial charge in [-0.25, -0.2) is 0 Å². The summed E-state index contributed by atoms with van der Waals surface area (Å²) in [6.07, 6.45) is 2.66.